The third-order valence-corrected chi connectivity index (χ3v) is 3.81. The number of rotatable bonds is 3. The van der Waals surface area contributed by atoms with Gasteiger partial charge in [0.2, 0.25) is 0 Å². The molecule has 0 saturated heterocycles. The zero-order valence-corrected chi connectivity index (χ0v) is 18.4. The Kier molecular flexibility index (Phi) is 9.36. The van der Waals surface area contributed by atoms with Gasteiger partial charge in [-0.3, -0.25) is 4.98 Å². The highest BCUT2D eigenvalue weighted by Crippen LogP contribution is 2.27. The standard InChI is InChI=1S/C11H14N2.C9H13N3.C3H8.H2/c1-11(2,3)8-4-6-12-9-5-7-13-10(8)9;1-3-11-9-8(5-10)4-7(2)6-12-9;1-3-2;/h4-7,13H,1-3H3;4-6,10H,3H2,1-2H3,(H,11,12);3H2,1-2H3;1H. The minimum atomic E-state index is 0. The summed E-state index contributed by atoms with van der Waals surface area (Å²) in [5, 5.41) is 10.2. The Morgan fingerprint density at radius 2 is 1.86 bits per heavy atom. The van der Waals surface area contributed by atoms with Crippen LogP contribution in [0.25, 0.3) is 11.0 Å². The maximum Gasteiger partial charge on any atom is 0.134 e. The van der Waals surface area contributed by atoms with Gasteiger partial charge in [0, 0.05) is 38.3 Å². The van der Waals surface area contributed by atoms with Gasteiger partial charge in [-0.15, -0.1) is 0 Å². The van der Waals surface area contributed by atoms with Gasteiger partial charge in [-0.2, -0.15) is 0 Å². The molecule has 154 valence electrons. The Morgan fingerprint density at radius 3 is 2.43 bits per heavy atom. The van der Waals surface area contributed by atoms with Crippen molar-refractivity contribution < 1.29 is 1.43 Å². The number of pyridine rings is 2. The topological polar surface area (TPSA) is 77.5 Å². The number of nitrogens with one attached hydrogen (secondary N) is 3. The van der Waals surface area contributed by atoms with Gasteiger partial charge in [0.25, 0.3) is 0 Å². The van der Waals surface area contributed by atoms with Crippen LogP contribution >= 0.6 is 0 Å². The summed E-state index contributed by atoms with van der Waals surface area (Å²) in [7, 11) is 0. The summed E-state index contributed by atoms with van der Waals surface area (Å²) in [4.78, 5) is 11.7. The maximum absolute atomic E-state index is 7.15. The van der Waals surface area contributed by atoms with Gasteiger partial charge in [-0.25, -0.2) is 4.98 Å². The first-order valence-electron chi connectivity index (χ1n) is 9.91. The van der Waals surface area contributed by atoms with Gasteiger partial charge >= 0.3 is 0 Å². The molecule has 0 aliphatic rings. The summed E-state index contributed by atoms with van der Waals surface area (Å²) in [5.74, 6) is 0.790. The molecule has 5 nitrogen and oxygen atoms in total. The van der Waals surface area contributed by atoms with E-state index in [0.29, 0.717) is 0 Å². The number of aromatic amines is 1. The van der Waals surface area contributed by atoms with Gasteiger partial charge in [0.15, 0.2) is 0 Å². The van der Waals surface area contributed by atoms with Crippen LogP contribution in [0.4, 0.5) is 5.82 Å². The van der Waals surface area contributed by atoms with Crippen LogP contribution in [0.3, 0.4) is 0 Å². The largest absolute Gasteiger partial charge is 0.370 e. The Hall–Kier alpha value is -2.69. The first-order chi connectivity index (χ1) is 13.3. The van der Waals surface area contributed by atoms with Crippen LogP contribution in [0.1, 0.15) is 66.1 Å². The van der Waals surface area contributed by atoms with E-state index in [1.807, 2.05) is 38.4 Å². The number of nitrogens with zero attached hydrogens (tertiary/aromatic N) is 2. The molecule has 5 heteroatoms. The molecule has 0 unspecified atom stereocenters. The number of anilines is 1. The van der Waals surface area contributed by atoms with Crippen molar-refractivity contribution in [2.45, 2.75) is 60.3 Å². The maximum atomic E-state index is 7.15. The zero-order chi connectivity index (χ0) is 21.2. The summed E-state index contributed by atoms with van der Waals surface area (Å²) in [6.45, 7) is 15.7. The highest BCUT2D eigenvalue weighted by Gasteiger charge is 2.17. The Bertz CT molecular complexity index is 865. The minimum Gasteiger partial charge on any atom is -0.370 e. The molecule has 0 bridgehead atoms. The van der Waals surface area contributed by atoms with Crippen molar-refractivity contribution in [3.63, 3.8) is 0 Å². The second-order valence-electron chi connectivity index (χ2n) is 7.68. The number of aromatic nitrogens is 3. The average Bonchev–Trinajstić information content (AvgIpc) is 3.12. The van der Waals surface area contributed by atoms with Gasteiger partial charge < -0.3 is 15.7 Å². The fraction of sp³-hybridized carbons (Fsp3) is 0.435. The lowest BCUT2D eigenvalue weighted by molar-refractivity contribution is 0.594. The normalized spacial score (nSPS) is 10.4. The quantitative estimate of drug-likeness (QED) is 0.462. The van der Waals surface area contributed by atoms with Gasteiger partial charge in [-0.05, 0) is 48.6 Å². The molecule has 3 rings (SSSR count). The molecule has 3 heterocycles. The van der Waals surface area contributed by atoms with Crippen molar-refractivity contribution in [1.29, 1.82) is 5.41 Å². The Morgan fingerprint density at radius 1 is 1.18 bits per heavy atom. The van der Waals surface area contributed by atoms with E-state index >= 15 is 0 Å². The van der Waals surface area contributed by atoms with E-state index in [9.17, 15) is 0 Å². The van der Waals surface area contributed by atoms with E-state index in [1.54, 1.807) is 6.20 Å². The third kappa shape index (κ3) is 6.80. The molecule has 3 aromatic rings. The lowest BCUT2D eigenvalue weighted by Crippen LogP contribution is -2.11. The monoisotopic (exact) mass is 383 g/mol. The fourth-order valence-corrected chi connectivity index (χ4v) is 2.60. The second-order valence-corrected chi connectivity index (χ2v) is 7.68. The molecule has 0 atom stereocenters. The highest BCUT2D eigenvalue weighted by atomic mass is 15.0. The van der Waals surface area contributed by atoms with Crippen LogP contribution < -0.4 is 5.32 Å². The van der Waals surface area contributed by atoms with E-state index in [0.717, 1.165) is 34.5 Å². The van der Waals surface area contributed by atoms with Crippen molar-refractivity contribution in [2.75, 3.05) is 11.9 Å². The molecule has 3 aromatic heterocycles. The highest BCUT2D eigenvalue weighted by molar-refractivity contribution is 5.84. The summed E-state index contributed by atoms with van der Waals surface area (Å²) in [6, 6.07) is 6.03. The van der Waals surface area contributed by atoms with E-state index in [4.69, 9.17) is 5.41 Å². The van der Waals surface area contributed by atoms with E-state index in [-0.39, 0.29) is 6.84 Å². The van der Waals surface area contributed by atoms with Crippen LogP contribution in [0.15, 0.2) is 36.8 Å². The summed E-state index contributed by atoms with van der Waals surface area (Å²) in [5.41, 5.74) is 5.63. The van der Waals surface area contributed by atoms with Crippen molar-refractivity contribution >= 4 is 23.1 Å². The van der Waals surface area contributed by atoms with Crippen LogP contribution in [0.5, 0.6) is 0 Å². The number of aryl methyl sites for hydroxylation is 1. The molecule has 0 spiro atoms. The minimum absolute atomic E-state index is 0. The number of H-pyrrole nitrogens is 1. The summed E-state index contributed by atoms with van der Waals surface area (Å²) >= 11 is 0. The molecule has 0 fully saturated rings. The number of fused-ring (bicyclic) bond motifs is 1. The zero-order valence-electron chi connectivity index (χ0n) is 18.4. The molecule has 3 N–H and O–H groups in total. The molecule has 28 heavy (non-hydrogen) atoms. The molecule has 0 aromatic carbocycles. The fourth-order valence-electron chi connectivity index (χ4n) is 2.60. The number of hydrogen-bond acceptors (Lipinski definition) is 4. The number of hydrogen-bond donors (Lipinski definition) is 3. The Labute approximate surface area is 171 Å². The summed E-state index contributed by atoms with van der Waals surface area (Å²) in [6.07, 6.45) is 8.17. The van der Waals surface area contributed by atoms with Gasteiger partial charge in [0.05, 0.1) is 11.0 Å². The van der Waals surface area contributed by atoms with E-state index in [1.165, 1.54) is 18.2 Å². The lowest BCUT2D eigenvalue weighted by atomic mass is 9.87. The van der Waals surface area contributed by atoms with Crippen molar-refractivity contribution in [3.05, 3.63) is 53.5 Å². The van der Waals surface area contributed by atoms with Crippen molar-refractivity contribution in [2.24, 2.45) is 0 Å². The van der Waals surface area contributed by atoms with E-state index in [2.05, 4.69) is 61.0 Å². The average molecular weight is 384 g/mol. The third-order valence-electron chi connectivity index (χ3n) is 3.81. The second kappa shape index (κ2) is 11.2. The molecular formula is C23H37N5. The molecule has 0 radical (unpaired) electrons. The molecule has 0 saturated carbocycles. The smallest absolute Gasteiger partial charge is 0.134 e. The van der Waals surface area contributed by atoms with Crippen LogP contribution in [-0.4, -0.2) is 27.7 Å². The van der Waals surface area contributed by atoms with Crippen LogP contribution in [0.2, 0.25) is 0 Å². The van der Waals surface area contributed by atoms with Gasteiger partial charge in [-0.1, -0.05) is 41.0 Å². The first kappa shape index (κ1) is 23.3. The van der Waals surface area contributed by atoms with Crippen LogP contribution in [0, 0.1) is 12.3 Å². The lowest BCUT2D eigenvalue weighted by Gasteiger charge is -2.19. The summed E-state index contributed by atoms with van der Waals surface area (Å²) < 4.78 is 0. The molecule has 0 amide bonds. The predicted octanol–water partition coefficient (Wildman–Crippen LogP) is 6.34. The van der Waals surface area contributed by atoms with Crippen molar-refractivity contribution in [3.8, 4) is 0 Å². The van der Waals surface area contributed by atoms with Crippen molar-refractivity contribution in [1.82, 2.24) is 15.0 Å². The van der Waals surface area contributed by atoms with E-state index < -0.39 is 0 Å². The molecule has 0 aliphatic carbocycles. The Balaban J connectivity index is 0.000000464. The van der Waals surface area contributed by atoms with Crippen LogP contribution in [-0.2, 0) is 5.41 Å². The predicted molar refractivity (Wildman–Crippen MR) is 124 cm³/mol. The van der Waals surface area contributed by atoms with Gasteiger partial charge in [0.1, 0.15) is 5.82 Å². The SMILES string of the molecule is CC(C)(C)c1ccnc2cc[nH]c12.CCC.CCNc1ncc(C)cc1C=N.[HH]. The molecular weight excluding hydrogens is 346 g/mol. The first-order valence-corrected chi connectivity index (χ1v) is 9.91. The molecule has 0 aliphatic heterocycles.